The first-order chi connectivity index (χ1) is 16.9. The van der Waals surface area contributed by atoms with Crippen LogP contribution in [0, 0.1) is 12.7 Å². The van der Waals surface area contributed by atoms with E-state index in [0.717, 1.165) is 48.2 Å². The number of nitrogens with one attached hydrogen (secondary N) is 2. The molecule has 2 N–H and O–H groups in total. The van der Waals surface area contributed by atoms with Crippen LogP contribution in [0.4, 0.5) is 10.1 Å². The SMILES string of the molecule is CNC(=O)c1cc(C)c(-n2nc3c(-c4ccc(N5CCN(C)CC5)cc4)n[nH]c3cc2=O)c(F)c1. The van der Waals surface area contributed by atoms with Gasteiger partial charge in [-0.2, -0.15) is 14.9 Å². The number of hydrogen-bond donors (Lipinski definition) is 2. The third-order valence-electron chi connectivity index (χ3n) is 6.41. The molecule has 0 atom stereocenters. The van der Waals surface area contributed by atoms with Crippen molar-refractivity contribution in [2.24, 2.45) is 0 Å². The van der Waals surface area contributed by atoms with Crippen LogP contribution in [0.5, 0.6) is 0 Å². The summed E-state index contributed by atoms with van der Waals surface area (Å²) in [7, 11) is 3.60. The third-order valence-corrected chi connectivity index (χ3v) is 6.41. The van der Waals surface area contributed by atoms with E-state index in [1.807, 2.05) is 12.1 Å². The lowest BCUT2D eigenvalue weighted by atomic mass is 10.1. The lowest BCUT2D eigenvalue weighted by molar-refractivity contribution is 0.0962. The highest BCUT2D eigenvalue weighted by atomic mass is 19.1. The molecule has 1 aliphatic heterocycles. The molecule has 10 heteroatoms. The molecular formula is C25H26FN7O2. The summed E-state index contributed by atoms with van der Waals surface area (Å²) in [5.74, 6) is -1.12. The van der Waals surface area contributed by atoms with Crippen LogP contribution >= 0.6 is 0 Å². The second-order valence-corrected chi connectivity index (χ2v) is 8.77. The molecule has 0 radical (unpaired) electrons. The number of aromatic nitrogens is 4. The Labute approximate surface area is 201 Å². The Hall–Kier alpha value is -4.05. The van der Waals surface area contributed by atoms with Crippen molar-refractivity contribution in [3.8, 4) is 16.9 Å². The Kier molecular flexibility index (Phi) is 5.81. The summed E-state index contributed by atoms with van der Waals surface area (Å²) < 4.78 is 16.1. The summed E-state index contributed by atoms with van der Waals surface area (Å²) in [6.07, 6.45) is 0. The van der Waals surface area contributed by atoms with E-state index >= 15 is 4.39 Å². The van der Waals surface area contributed by atoms with E-state index in [0.29, 0.717) is 22.3 Å². The van der Waals surface area contributed by atoms with Crippen LogP contribution in [-0.4, -0.2) is 71.1 Å². The summed E-state index contributed by atoms with van der Waals surface area (Å²) in [5.41, 5.74) is 3.53. The summed E-state index contributed by atoms with van der Waals surface area (Å²) in [4.78, 5) is 29.4. The maximum Gasteiger partial charge on any atom is 0.273 e. The molecule has 4 aromatic rings. The number of H-pyrrole nitrogens is 1. The zero-order valence-electron chi connectivity index (χ0n) is 19.8. The van der Waals surface area contributed by atoms with Crippen LogP contribution in [-0.2, 0) is 0 Å². The molecule has 0 saturated carbocycles. The van der Waals surface area contributed by atoms with Gasteiger partial charge in [0.2, 0.25) is 0 Å². The van der Waals surface area contributed by atoms with E-state index in [4.69, 9.17) is 0 Å². The van der Waals surface area contributed by atoms with Gasteiger partial charge in [0.05, 0.1) is 5.52 Å². The first-order valence-corrected chi connectivity index (χ1v) is 11.4. The van der Waals surface area contributed by atoms with Gasteiger partial charge in [0.1, 0.15) is 22.7 Å². The van der Waals surface area contributed by atoms with E-state index in [2.05, 4.69) is 49.6 Å². The largest absolute Gasteiger partial charge is 0.369 e. The van der Waals surface area contributed by atoms with E-state index in [1.165, 1.54) is 19.2 Å². The maximum atomic E-state index is 15.1. The van der Waals surface area contributed by atoms with Crippen molar-refractivity contribution < 1.29 is 9.18 Å². The average Bonchev–Trinajstić information content (AvgIpc) is 3.26. The van der Waals surface area contributed by atoms with Crippen molar-refractivity contribution in [1.82, 2.24) is 30.2 Å². The number of rotatable bonds is 4. The molecular weight excluding hydrogens is 449 g/mol. The van der Waals surface area contributed by atoms with Crippen molar-refractivity contribution >= 4 is 22.6 Å². The standard InChI is InChI=1S/C25H26FN7O2/c1-15-12-17(25(35)27-2)13-19(26)24(15)33-21(34)14-20-23(30-33)22(29-28-20)16-4-6-18(7-5-16)32-10-8-31(3)9-11-32/h4-7,12-14,28H,8-11H2,1-3H3,(H,27,35). The van der Waals surface area contributed by atoms with Gasteiger partial charge in [0.15, 0.2) is 0 Å². The minimum atomic E-state index is -0.709. The minimum Gasteiger partial charge on any atom is -0.369 e. The lowest BCUT2D eigenvalue weighted by Gasteiger charge is -2.34. The highest BCUT2D eigenvalue weighted by Gasteiger charge is 2.19. The molecule has 1 aliphatic rings. The van der Waals surface area contributed by atoms with Gasteiger partial charge in [-0.1, -0.05) is 12.1 Å². The Morgan fingerprint density at radius 1 is 1.09 bits per heavy atom. The van der Waals surface area contributed by atoms with Crippen LogP contribution in [0.1, 0.15) is 15.9 Å². The second-order valence-electron chi connectivity index (χ2n) is 8.77. The molecule has 180 valence electrons. The Morgan fingerprint density at radius 2 is 1.80 bits per heavy atom. The summed E-state index contributed by atoms with van der Waals surface area (Å²) >= 11 is 0. The molecule has 0 aliphatic carbocycles. The molecule has 9 nitrogen and oxygen atoms in total. The van der Waals surface area contributed by atoms with Crippen LogP contribution in [0.3, 0.4) is 0 Å². The molecule has 0 unspecified atom stereocenters. The van der Waals surface area contributed by atoms with Crippen molar-refractivity contribution in [2.45, 2.75) is 6.92 Å². The van der Waals surface area contributed by atoms with Gasteiger partial charge in [-0.25, -0.2) is 4.39 Å². The van der Waals surface area contributed by atoms with Crippen molar-refractivity contribution in [3.05, 3.63) is 69.8 Å². The topological polar surface area (TPSA) is 99.2 Å². The number of aromatic amines is 1. The van der Waals surface area contributed by atoms with Gasteiger partial charge in [0, 0.05) is 56.1 Å². The second kappa shape index (κ2) is 8.95. The van der Waals surface area contributed by atoms with Gasteiger partial charge in [-0.15, -0.1) is 0 Å². The van der Waals surface area contributed by atoms with Crippen LogP contribution in [0.2, 0.25) is 0 Å². The number of carbonyl (C=O) groups is 1. The number of hydrogen-bond acceptors (Lipinski definition) is 6. The fraction of sp³-hybridized carbons (Fsp3) is 0.280. The molecule has 0 bridgehead atoms. The molecule has 5 rings (SSSR count). The number of anilines is 1. The van der Waals surface area contributed by atoms with Gasteiger partial charge in [-0.05, 0) is 43.8 Å². The summed E-state index contributed by atoms with van der Waals surface area (Å²) in [5, 5.41) is 14.2. The van der Waals surface area contributed by atoms with Crippen LogP contribution in [0.15, 0.2) is 47.3 Å². The maximum absolute atomic E-state index is 15.1. The number of piperazine rings is 1. The Balaban J connectivity index is 1.54. The van der Waals surface area contributed by atoms with Crippen LogP contribution < -0.4 is 15.8 Å². The monoisotopic (exact) mass is 475 g/mol. The third kappa shape index (κ3) is 4.17. The van der Waals surface area contributed by atoms with Crippen molar-refractivity contribution in [1.29, 1.82) is 0 Å². The molecule has 35 heavy (non-hydrogen) atoms. The van der Waals surface area contributed by atoms with E-state index in [9.17, 15) is 9.59 Å². The van der Waals surface area contributed by atoms with E-state index in [-0.39, 0.29) is 11.3 Å². The average molecular weight is 476 g/mol. The smallest absolute Gasteiger partial charge is 0.273 e. The van der Waals surface area contributed by atoms with Crippen molar-refractivity contribution in [3.63, 3.8) is 0 Å². The minimum absolute atomic E-state index is 0.00196. The Bertz CT molecular complexity index is 1440. The number of likely N-dealkylation sites (N-methyl/N-ethyl adjacent to an activating group) is 1. The zero-order valence-corrected chi connectivity index (χ0v) is 19.8. The molecule has 0 spiro atoms. The molecule has 2 aromatic carbocycles. The normalized spacial score (nSPS) is 14.5. The number of halogens is 1. The number of carbonyl (C=O) groups excluding carboxylic acids is 1. The number of aryl methyl sites for hydroxylation is 1. The first kappa shape index (κ1) is 22.7. The number of nitrogens with zero attached hydrogens (tertiary/aromatic N) is 5. The predicted molar refractivity (Wildman–Crippen MR) is 133 cm³/mol. The molecule has 2 aromatic heterocycles. The fourth-order valence-corrected chi connectivity index (χ4v) is 4.42. The Morgan fingerprint density at radius 3 is 2.46 bits per heavy atom. The molecule has 1 fully saturated rings. The van der Waals surface area contributed by atoms with E-state index < -0.39 is 17.3 Å². The number of fused-ring (bicyclic) bond motifs is 1. The molecule has 1 amide bonds. The fourth-order valence-electron chi connectivity index (χ4n) is 4.42. The first-order valence-electron chi connectivity index (χ1n) is 11.4. The highest BCUT2D eigenvalue weighted by molar-refractivity contribution is 5.94. The number of amides is 1. The lowest BCUT2D eigenvalue weighted by Crippen LogP contribution is -2.44. The van der Waals surface area contributed by atoms with Gasteiger partial charge >= 0.3 is 0 Å². The van der Waals surface area contributed by atoms with Gasteiger partial charge in [0.25, 0.3) is 11.5 Å². The van der Waals surface area contributed by atoms with Gasteiger partial charge in [-0.3, -0.25) is 14.7 Å². The van der Waals surface area contributed by atoms with Crippen molar-refractivity contribution in [2.75, 3.05) is 45.2 Å². The predicted octanol–water partition coefficient (Wildman–Crippen LogP) is 2.33. The summed E-state index contributed by atoms with van der Waals surface area (Å²) in [6, 6.07) is 12.0. The zero-order chi connectivity index (χ0) is 24.7. The summed E-state index contributed by atoms with van der Waals surface area (Å²) in [6.45, 7) is 5.62. The highest BCUT2D eigenvalue weighted by Crippen LogP contribution is 2.27. The van der Waals surface area contributed by atoms with Gasteiger partial charge < -0.3 is 15.1 Å². The van der Waals surface area contributed by atoms with E-state index in [1.54, 1.807) is 6.92 Å². The quantitative estimate of drug-likeness (QED) is 0.470. The molecule has 3 heterocycles. The van der Waals surface area contributed by atoms with Crippen LogP contribution in [0.25, 0.3) is 28.0 Å². The molecule has 1 saturated heterocycles. The number of benzene rings is 2.